The summed E-state index contributed by atoms with van der Waals surface area (Å²) < 4.78 is 0. The Morgan fingerprint density at radius 3 is 2.31 bits per heavy atom. The van der Waals surface area contributed by atoms with Crippen molar-refractivity contribution in [1.29, 1.82) is 0 Å². The monoisotopic (exact) mass is 474 g/mol. The molecule has 2 saturated heterocycles. The van der Waals surface area contributed by atoms with Crippen LogP contribution in [-0.4, -0.2) is 49.5 Å². The van der Waals surface area contributed by atoms with Gasteiger partial charge >= 0.3 is 11.9 Å². The number of amides is 2. The van der Waals surface area contributed by atoms with Crippen molar-refractivity contribution in [3.05, 3.63) is 83.9 Å². The quantitative estimate of drug-likeness (QED) is 0.376. The van der Waals surface area contributed by atoms with Crippen molar-refractivity contribution in [2.45, 2.75) is 24.4 Å². The molecule has 35 heavy (non-hydrogen) atoms. The summed E-state index contributed by atoms with van der Waals surface area (Å²) in [5.41, 5.74) is 0.265. The molecular weight excluding hydrogens is 452 g/mol. The second kappa shape index (κ2) is 8.48. The molecule has 2 unspecified atom stereocenters. The maximum Gasteiger partial charge on any atom is 0.325 e. The molecule has 0 radical (unpaired) electrons. The van der Waals surface area contributed by atoms with E-state index in [1.807, 2.05) is 6.07 Å². The van der Waals surface area contributed by atoms with Gasteiger partial charge in [-0.2, -0.15) is 0 Å². The van der Waals surface area contributed by atoms with Gasteiger partial charge in [0, 0.05) is 24.4 Å². The third-order valence-corrected chi connectivity index (χ3v) is 6.77. The zero-order valence-corrected chi connectivity index (χ0v) is 18.4. The molecule has 0 aliphatic carbocycles. The fourth-order valence-electron chi connectivity index (χ4n) is 5.26. The Bertz CT molecular complexity index is 1290. The van der Waals surface area contributed by atoms with Gasteiger partial charge in [-0.15, -0.1) is 0 Å². The molecule has 2 aliphatic rings. The van der Waals surface area contributed by atoms with Crippen molar-refractivity contribution in [3.8, 4) is 0 Å². The molecule has 5 rings (SSSR count). The van der Waals surface area contributed by atoms with E-state index >= 15 is 0 Å². The summed E-state index contributed by atoms with van der Waals surface area (Å²) in [6, 6.07) is 14.4. The van der Waals surface area contributed by atoms with Crippen LogP contribution in [0.25, 0.3) is 0 Å². The highest BCUT2D eigenvalue weighted by Gasteiger charge is 2.68. The SMILES string of the molecule is O=C(O)Cc1ccc(N2C(=O)[C@H]3C(c4ccccc4)NC(Cc4cnc[nH]4)(C(=O)O)[C@H]3C2=O)cc1. The van der Waals surface area contributed by atoms with Gasteiger partial charge < -0.3 is 15.2 Å². The number of carboxylic acids is 2. The summed E-state index contributed by atoms with van der Waals surface area (Å²) in [5, 5.41) is 22.6. The van der Waals surface area contributed by atoms with E-state index < -0.39 is 47.2 Å². The molecule has 2 fully saturated rings. The summed E-state index contributed by atoms with van der Waals surface area (Å²) in [6.07, 6.45) is 2.66. The number of hydrogen-bond donors (Lipinski definition) is 4. The molecule has 0 bridgehead atoms. The smallest absolute Gasteiger partial charge is 0.325 e. The first-order valence-corrected chi connectivity index (χ1v) is 11.0. The molecule has 3 aromatic rings. The molecule has 2 aliphatic heterocycles. The number of benzene rings is 2. The Morgan fingerprint density at radius 1 is 1.00 bits per heavy atom. The molecule has 4 atom stereocenters. The Balaban J connectivity index is 1.59. The average molecular weight is 474 g/mol. The van der Waals surface area contributed by atoms with Crippen LogP contribution < -0.4 is 10.2 Å². The molecule has 1 aromatic heterocycles. The molecule has 4 N–H and O–H groups in total. The predicted octanol–water partition coefficient (Wildman–Crippen LogP) is 1.55. The molecule has 0 saturated carbocycles. The van der Waals surface area contributed by atoms with Gasteiger partial charge in [-0.3, -0.25) is 24.5 Å². The van der Waals surface area contributed by atoms with Crippen LogP contribution in [0.1, 0.15) is 22.9 Å². The van der Waals surface area contributed by atoms with Crippen LogP contribution in [0.15, 0.2) is 67.1 Å². The molecule has 10 heteroatoms. The highest BCUT2D eigenvalue weighted by molar-refractivity contribution is 6.24. The predicted molar refractivity (Wildman–Crippen MR) is 122 cm³/mol. The van der Waals surface area contributed by atoms with E-state index in [9.17, 15) is 24.3 Å². The lowest BCUT2D eigenvalue weighted by molar-refractivity contribution is -0.148. The van der Waals surface area contributed by atoms with E-state index in [1.165, 1.54) is 24.7 Å². The number of aliphatic carboxylic acids is 2. The maximum atomic E-state index is 13.8. The first-order chi connectivity index (χ1) is 16.8. The van der Waals surface area contributed by atoms with Crippen molar-refractivity contribution in [2.75, 3.05) is 4.90 Å². The maximum absolute atomic E-state index is 13.8. The minimum Gasteiger partial charge on any atom is -0.481 e. The zero-order valence-electron chi connectivity index (χ0n) is 18.4. The van der Waals surface area contributed by atoms with Crippen LogP contribution in [0.2, 0.25) is 0 Å². The number of fused-ring (bicyclic) bond motifs is 1. The number of nitrogens with one attached hydrogen (secondary N) is 2. The summed E-state index contributed by atoms with van der Waals surface area (Å²) in [4.78, 5) is 59.1. The minimum atomic E-state index is -1.75. The van der Waals surface area contributed by atoms with E-state index in [2.05, 4.69) is 15.3 Å². The number of imidazole rings is 1. The van der Waals surface area contributed by atoms with Gasteiger partial charge in [-0.1, -0.05) is 42.5 Å². The molecular formula is C25H22N4O6. The van der Waals surface area contributed by atoms with Crippen molar-refractivity contribution < 1.29 is 29.4 Å². The van der Waals surface area contributed by atoms with Crippen molar-refractivity contribution >= 4 is 29.4 Å². The van der Waals surface area contributed by atoms with E-state index in [1.54, 1.807) is 36.4 Å². The normalized spacial score (nSPS) is 25.6. The number of nitrogens with zero attached hydrogens (tertiary/aromatic N) is 2. The average Bonchev–Trinajstić information content (AvgIpc) is 3.53. The number of aromatic nitrogens is 2. The van der Waals surface area contributed by atoms with Gasteiger partial charge in [-0.25, -0.2) is 9.88 Å². The van der Waals surface area contributed by atoms with Crippen molar-refractivity contribution in [3.63, 3.8) is 0 Å². The fourth-order valence-corrected chi connectivity index (χ4v) is 5.26. The lowest BCUT2D eigenvalue weighted by Crippen LogP contribution is -2.57. The van der Waals surface area contributed by atoms with Crippen LogP contribution in [0.3, 0.4) is 0 Å². The summed E-state index contributed by atoms with van der Waals surface area (Å²) in [7, 11) is 0. The van der Waals surface area contributed by atoms with Gasteiger partial charge in [0.25, 0.3) is 0 Å². The summed E-state index contributed by atoms with van der Waals surface area (Å²) >= 11 is 0. The Labute approximate surface area is 199 Å². The minimum absolute atomic E-state index is 0.0722. The van der Waals surface area contributed by atoms with E-state index in [-0.39, 0.29) is 18.5 Å². The Kier molecular flexibility index (Phi) is 5.45. The molecule has 10 nitrogen and oxygen atoms in total. The Morgan fingerprint density at radius 2 is 1.71 bits per heavy atom. The molecule has 0 spiro atoms. The number of hydrogen-bond acceptors (Lipinski definition) is 6. The second-order valence-electron chi connectivity index (χ2n) is 8.82. The van der Waals surface area contributed by atoms with Crippen LogP contribution in [-0.2, 0) is 32.0 Å². The first-order valence-electron chi connectivity index (χ1n) is 11.0. The highest BCUT2D eigenvalue weighted by Crippen LogP contribution is 2.50. The number of anilines is 1. The van der Waals surface area contributed by atoms with Gasteiger partial charge in [-0.05, 0) is 23.3 Å². The Hall–Kier alpha value is -4.31. The largest absolute Gasteiger partial charge is 0.481 e. The topological polar surface area (TPSA) is 153 Å². The number of carbonyl (C=O) groups excluding carboxylic acids is 2. The number of rotatable bonds is 7. The highest BCUT2D eigenvalue weighted by atomic mass is 16.4. The first kappa shape index (κ1) is 22.5. The van der Waals surface area contributed by atoms with E-state index in [0.717, 1.165) is 4.90 Å². The van der Waals surface area contributed by atoms with Crippen LogP contribution in [0.4, 0.5) is 5.69 Å². The van der Waals surface area contributed by atoms with Crippen molar-refractivity contribution in [2.24, 2.45) is 11.8 Å². The van der Waals surface area contributed by atoms with E-state index in [4.69, 9.17) is 5.11 Å². The van der Waals surface area contributed by atoms with Gasteiger partial charge in [0.2, 0.25) is 11.8 Å². The third-order valence-electron chi connectivity index (χ3n) is 6.77. The van der Waals surface area contributed by atoms with Crippen LogP contribution >= 0.6 is 0 Å². The van der Waals surface area contributed by atoms with Crippen molar-refractivity contribution in [1.82, 2.24) is 15.3 Å². The van der Waals surface area contributed by atoms with Gasteiger partial charge in [0.1, 0.15) is 5.54 Å². The molecule has 2 aromatic carbocycles. The standard InChI is InChI=1S/C25H22N4O6/c30-18(31)10-14-6-8-17(9-7-14)29-22(32)19-20(23(29)33)25(24(34)35,11-16-12-26-13-27-16)28-21(19)15-4-2-1-3-5-15/h1-9,12-13,19-21,28H,10-11H2,(H,26,27)(H,30,31)(H,34,35)/t19-,20-,21?,25?/m1/s1. The molecule has 2 amide bonds. The number of aromatic amines is 1. The number of carboxylic acid groups (broad SMARTS) is 2. The number of H-pyrrole nitrogens is 1. The zero-order chi connectivity index (χ0) is 24.7. The van der Waals surface area contributed by atoms with Crippen LogP contribution in [0.5, 0.6) is 0 Å². The molecule has 3 heterocycles. The summed E-state index contributed by atoms with van der Waals surface area (Å²) in [5.74, 6) is -5.45. The van der Waals surface area contributed by atoms with Gasteiger partial charge in [0.05, 0.1) is 30.3 Å². The van der Waals surface area contributed by atoms with Crippen LogP contribution in [0, 0.1) is 11.8 Å². The third kappa shape index (κ3) is 3.68. The molecule has 178 valence electrons. The second-order valence-corrected chi connectivity index (χ2v) is 8.82. The summed E-state index contributed by atoms with van der Waals surface area (Å²) in [6.45, 7) is 0. The number of imide groups is 1. The van der Waals surface area contributed by atoms with E-state index in [0.29, 0.717) is 16.8 Å². The lowest BCUT2D eigenvalue weighted by atomic mass is 9.77. The number of carbonyl (C=O) groups is 4. The fraction of sp³-hybridized carbons (Fsp3) is 0.240. The van der Waals surface area contributed by atoms with Gasteiger partial charge in [0.15, 0.2) is 0 Å². The lowest BCUT2D eigenvalue weighted by Gasteiger charge is -2.31.